The van der Waals surface area contributed by atoms with E-state index in [1.165, 1.54) is 17.0 Å². The summed E-state index contributed by atoms with van der Waals surface area (Å²) < 4.78 is 24.0. The third kappa shape index (κ3) is 2.38. The zero-order valence-corrected chi connectivity index (χ0v) is 14.8. The molecule has 5 rings (SSSR count). The second kappa shape index (κ2) is 6.07. The van der Waals surface area contributed by atoms with Crippen LogP contribution in [0.4, 0.5) is 10.1 Å². The molecule has 0 aromatic heterocycles. The molecule has 0 saturated carbocycles. The van der Waals surface area contributed by atoms with Gasteiger partial charge < -0.3 is 19.5 Å². The molecule has 140 valence electrons. The van der Waals surface area contributed by atoms with Crippen molar-refractivity contribution >= 4 is 11.6 Å². The number of ether oxygens (including phenoxy) is 2. The molecule has 6 heteroatoms. The number of amides is 1. The molecule has 28 heavy (non-hydrogen) atoms. The average Bonchev–Trinajstić information content (AvgIpc) is 3.27. The summed E-state index contributed by atoms with van der Waals surface area (Å²) in [5.74, 6) is 0.271. The molecular weight excluding hydrogens is 361 g/mol. The molecule has 1 unspecified atom stereocenters. The van der Waals surface area contributed by atoms with Gasteiger partial charge in [0.25, 0.3) is 5.91 Å². The molecule has 0 saturated heterocycles. The number of nitrogens with zero attached hydrogens (tertiary/aromatic N) is 1. The van der Waals surface area contributed by atoms with E-state index >= 15 is 0 Å². The van der Waals surface area contributed by atoms with Crippen LogP contribution in [-0.2, 0) is 16.9 Å². The molecule has 3 aromatic rings. The second-order valence-electron chi connectivity index (χ2n) is 6.81. The first-order chi connectivity index (χ1) is 13.6. The summed E-state index contributed by atoms with van der Waals surface area (Å²) in [5, 5.41) is 11.6. The van der Waals surface area contributed by atoms with Crippen LogP contribution in [0.2, 0.25) is 0 Å². The van der Waals surface area contributed by atoms with Crippen LogP contribution in [0.1, 0.15) is 16.7 Å². The summed E-state index contributed by atoms with van der Waals surface area (Å²) in [6.07, 6.45) is 0. The molecule has 1 amide bonds. The van der Waals surface area contributed by atoms with Gasteiger partial charge in [-0.1, -0.05) is 36.4 Å². The van der Waals surface area contributed by atoms with Crippen molar-refractivity contribution in [2.75, 3.05) is 11.7 Å². The van der Waals surface area contributed by atoms with Crippen LogP contribution < -0.4 is 14.4 Å². The minimum atomic E-state index is -1.84. The van der Waals surface area contributed by atoms with E-state index in [1.807, 2.05) is 6.07 Å². The van der Waals surface area contributed by atoms with Crippen molar-refractivity contribution in [2.24, 2.45) is 0 Å². The molecule has 0 spiro atoms. The Hall–Kier alpha value is -3.38. The van der Waals surface area contributed by atoms with Gasteiger partial charge in [-0.15, -0.1) is 0 Å². The molecule has 3 aromatic carbocycles. The lowest BCUT2D eigenvalue weighted by Gasteiger charge is -2.24. The molecule has 2 aliphatic heterocycles. The number of fused-ring (bicyclic) bond motifs is 2. The topological polar surface area (TPSA) is 59.0 Å². The number of benzene rings is 3. The largest absolute Gasteiger partial charge is 0.454 e. The van der Waals surface area contributed by atoms with E-state index in [0.29, 0.717) is 28.3 Å². The molecule has 2 heterocycles. The molecule has 0 bridgehead atoms. The Morgan fingerprint density at radius 2 is 1.75 bits per heavy atom. The van der Waals surface area contributed by atoms with E-state index in [1.54, 1.807) is 48.5 Å². The van der Waals surface area contributed by atoms with Crippen molar-refractivity contribution in [3.8, 4) is 11.5 Å². The van der Waals surface area contributed by atoms with Gasteiger partial charge >= 0.3 is 0 Å². The third-order valence-electron chi connectivity index (χ3n) is 5.18. The highest BCUT2D eigenvalue weighted by Gasteiger charge is 2.51. The van der Waals surface area contributed by atoms with Gasteiger partial charge in [0.15, 0.2) is 17.1 Å². The molecular formula is C22H16FNO4. The van der Waals surface area contributed by atoms with Gasteiger partial charge in [-0.05, 0) is 35.9 Å². The van der Waals surface area contributed by atoms with Crippen molar-refractivity contribution in [3.63, 3.8) is 0 Å². The van der Waals surface area contributed by atoms with Crippen LogP contribution in [0, 0.1) is 5.82 Å². The van der Waals surface area contributed by atoms with Gasteiger partial charge in [0.2, 0.25) is 6.79 Å². The van der Waals surface area contributed by atoms with Crippen LogP contribution in [-0.4, -0.2) is 17.8 Å². The zero-order chi connectivity index (χ0) is 19.3. The van der Waals surface area contributed by atoms with Crippen LogP contribution in [0.15, 0.2) is 66.7 Å². The smallest absolute Gasteiger partial charge is 0.268 e. The van der Waals surface area contributed by atoms with Crippen molar-refractivity contribution in [1.29, 1.82) is 0 Å². The first-order valence-corrected chi connectivity index (χ1v) is 8.86. The van der Waals surface area contributed by atoms with E-state index in [0.717, 1.165) is 5.56 Å². The molecule has 0 aliphatic carbocycles. The molecule has 0 fully saturated rings. The van der Waals surface area contributed by atoms with Gasteiger partial charge in [-0.25, -0.2) is 4.39 Å². The van der Waals surface area contributed by atoms with Crippen molar-refractivity contribution in [2.45, 2.75) is 12.1 Å². The molecule has 0 radical (unpaired) electrons. The van der Waals surface area contributed by atoms with Crippen LogP contribution >= 0.6 is 0 Å². The lowest BCUT2D eigenvalue weighted by atomic mass is 9.87. The summed E-state index contributed by atoms with van der Waals surface area (Å²) in [5.41, 5.74) is 0.464. The molecule has 1 atom stereocenters. The maximum Gasteiger partial charge on any atom is 0.268 e. The Bertz CT molecular complexity index is 1080. The van der Waals surface area contributed by atoms with Gasteiger partial charge in [-0.2, -0.15) is 0 Å². The molecule has 1 N–H and O–H groups in total. The second-order valence-corrected chi connectivity index (χ2v) is 6.81. The number of rotatable bonds is 3. The normalized spacial score (nSPS) is 19.8. The van der Waals surface area contributed by atoms with E-state index < -0.39 is 11.5 Å². The minimum Gasteiger partial charge on any atom is -0.454 e. The number of carbonyl (C=O) groups excluding carboxylic acids is 1. The SMILES string of the molecule is O=C1N(Cc2ccc(F)cc2)c2ccccc2C1(O)c1ccc2c(c1)OCO2. The molecule has 2 aliphatic rings. The Kier molecular flexibility index (Phi) is 3.64. The predicted molar refractivity (Wildman–Crippen MR) is 99.6 cm³/mol. The first kappa shape index (κ1) is 16.8. The van der Waals surface area contributed by atoms with Crippen LogP contribution in [0.3, 0.4) is 0 Å². The van der Waals surface area contributed by atoms with Crippen molar-refractivity contribution in [3.05, 3.63) is 89.2 Å². The number of hydrogen-bond acceptors (Lipinski definition) is 4. The maximum absolute atomic E-state index is 13.4. The Morgan fingerprint density at radius 3 is 2.57 bits per heavy atom. The summed E-state index contributed by atoms with van der Waals surface area (Å²) in [6, 6.07) is 18.1. The Labute approximate surface area is 160 Å². The highest BCUT2D eigenvalue weighted by atomic mass is 19.1. The van der Waals surface area contributed by atoms with Crippen molar-refractivity contribution < 1.29 is 23.8 Å². The Balaban J connectivity index is 1.59. The molecule has 5 nitrogen and oxygen atoms in total. The maximum atomic E-state index is 13.4. The number of aliphatic hydroxyl groups is 1. The minimum absolute atomic E-state index is 0.110. The number of halogens is 1. The number of anilines is 1. The van der Waals surface area contributed by atoms with Crippen LogP contribution in [0.5, 0.6) is 11.5 Å². The van der Waals surface area contributed by atoms with Gasteiger partial charge in [0.1, 0.15) is 5.82 Å². The monoisotopic (exact) mass is 377 g/mol. The summed E-state index contributed by atoms with van der Waals surface area (Å²) >= 11 is 0. The fourth-order valence-electron chi connectivity index (χ4n) is 3.76. The third-order valence-corrected chi connectivity index (χ3v) is 5.18. The number of carbonyl (C=O) groups is 1. The fourth-order valence-corrected chi connectivity index (χ4v) is 3.76. The van der Waals surface area contributed by atoms with E-state index in [4.69, 9.17) is 9.47 Å². The van der Waals surface area contributed by atoms with Crippen LogP contribution in [0.25, 0.3) is 0 Å². The lowest BCUT2D eigenvalue weighted by Crippen LogP contribution is -2.40. The standard InChI is InChI=1S/C22H16FNO4/c23-16-8-5-14(6-9-16)12-24-18-4-2-1-3-17(18)22(26,21(24)25)15-7-10-19-20(11-15)28-13-27-19/h1-11,26H,12-13H2. The first-order valence-electron chi connectivity index (χ1n) is 8.86. The highest BCUT2D eigenvalue weighted by Crippen LogP contribution is 2.47. The average molecular weight is 377 g/mol. The van der Waals surface area contributed by atoms with Gasteiger partial charge in [0.05, 0.1) is 12.2 Å². The van der Waals surface area contributed by atoms with E-state index in [-0.39, 0.29) is 19.2 Å². The van der Waals surface area contributed by atoms with Gasteiger partial charge in [0, 0.05) is 11.1 Å². The van der Waals surface area contributed by atoms with E-state index in [2.05, 4.69) is 0 Å². The quantitative estimate of drug-likeness (QED) is 0.761. The Morgan fingerprint density at radius 1 is 1.00 bits per heavy atom. The fraction of sp³-hybridized carbons (Fsp3) is 0.136. The number of hydrogen-bond donors (Lipinski definition) is 1. The van der Waals surface area contributed by atoms with Crippen molar-refractivity contribution in [1.82, 2.24) is 0 Å². The highest BCUT2D eigenvalue weighted by molar-refractivity contribution is 6.09. The summed E-state index contributed by atoms with van der Waals surface area (Å²) in [6.45, 7) is 0.335. The number of para-hydroxylation sites is 1. The summed E-state index contributed by atoms with van der Waals surface area (Å²) in [4.78, 5) is 14.9. The summed E-state index contributed by atoms with van der Waals surface area (Å²) in [7, 11) is 0. The van der Waals surface area contributed by atoms with Gasteiger partial charge in [-0.3, -0.25) is 4.79 Å². The predicted octanol–water partition coefficient (Wildman–Crippen LogP) is 3.34. The van der Waals surface area contributed by atoms with E-state index in [9.17, 15) is 14.3 Å². The zero-order valence-electron chi connectivity index (χ0n) is 14.8. The lowest BCUT2D eigenvalue weighted by molar-refractivity contribution is -0.132.